The minimum atomic E-state index is -0.234. The molecule has 108 valence electrons. The molecule has 0 saturated heterocycles. The summed E-state index contributed by atoms with van der Waals surface area (Å²) in [6.07, 6.45) is 4.96. The molecule has 0 aliphatic rings. The molecule has 0 aliphatic carbocycles. The molecule has 0 atom stereocenters. The van der Waals surface area contributed by atoms with Gasteiger partial charge in [-0.2, -0.15) is 5.10 Å². The van der Waals surface area contributed by atoms with Crippen molar-refractivity contribution < 1.29 is 13.9 Å². The van der Waals surface area contributed by atoms with Gasteiger partial charge in [-0.25, -0.2) is 0 Å². The lowest BCUT2D eigenvalue weighted by molar-refractivity contribution is 0.102. The number of carbonyl (C=O) groups is 1. The number of methoxy groups -OCH3 is 1. The molecule has 6 heteroatoms. The van der Waals surface area contributed by atoms with Gasteiger partial charge in [-0.05, 0) is 25.1 Å². The van der Waals surface area contributed by atoms with Crippen LogP contribution in [0.3, 0.4) is 0 Å². The van der Waals surface area contributed by atoms with Gasteiger partial charge in [0.2, 0.25) is 0 Å². The van der Waals surface area contributed by atoms with Crippen LogP contribution in [0.15, 0.2) is 41.3 Å². The number of benzene rings is 1. The maximum Gasteiger partial charge on any atom is 0.256 e. The van der Waals surface area contributed by atoms with Crippen molar-refractivity contribution in [3.63, 3.8) is 0 Å². The second-order valence-electron chi connectivity index (χ2n) is 4.55. The van der Waals surface area contributed by atoms with E-state index in [4.69, 9.17) is 9.15 Å². The van der Waals surface area contributed by atoms with Crippen molar-refractivity contribution in [1.29, 1.82) is 0 Å². The number of furan rings is 1. The number of nitrogens with zero attached hydrogens (tertiary/aromatic N) is 2. The van der Waals surface area contributed by atoms with Crippen LogP contribution in [0.4, 0.5) is 5.69 Å². The number of hydrogen-bond donors (Lipinski definition) is 1. The summed E-state index contributed by atoms with van der Waals surface area (Å²) in [5.74, 6) is 0.373. The van der Waals surface area contributed by atoms with Crippen LogP contribution in [0.2, 0.25) is 0 Å². The Morgan fingerprint density at radius 1 is 1.48 bits per heavy atom. The van der Waals surface area contributed by atoms with Gasteiger partial charge < -0.3 is 14.5 Å². The Morgan fingerprint density at radius 3 is 3.05 bits per heavy atom. The zero-order valence-electron chi connectivity index (χ0n) is 11.8. The number of nitrogens with one attached hydrogen (secondary N) is 1. The highest BCUT2D eigenvalue weighted by Crippen LogP contribution is 2.28. The van der Waals surface area contributed by atoms with E-state index in [0.29, 0.717) is 22.6 Å². The quantitative estimate of drug-likeness (QED) is 0.800. The molecule has 0 fully saturated rings. The molecule has 0 bridgehead atoms. The fourth-order valence-electron chi connectivity index (χ4n) is 2.14. The number of ether oxygens (including phenoxy) is 1. The average Bonchev–Trinajstić information content (AvgIpc) is 3.14. The third-order valence-corrected chi connectivity index (χ3v) is 3.23. The zero-order chi connectivity index (χ0) is 14.8. The molecule has 1 aromatic carbocycles. The summed E-state index contributed by atoms with van der Waals surface area (Å²) < 4.78 is 12.4. The first-order chi connectivity index (χ1) is 10.2. The minimum Gasteiger partial charge on any atom is -0.496 e. The molecule has 2 heterocycles. The third-order valence-electron chi connectivity index (χ3n) is 3.23. The van der Waals surface area contributed by atoms with Crippen LogP contribution in [-0.4, -0.2) is 22.8 Å². The molecule has 0 spiro atoms. The smallest absolute Gasteiger partial charge is 0.256 e. The van der Waals surface area contributed by atoms with Crippen molar-refractivity contribution in [3.05, 3.63) is 42.4 Å². The van der Waals surface area contributed by atoms with E-state index in [2.05, 4.69) is 10.4 Å². The van der Waals surface area contributed by atoms with E-state index in [9.17, 15) is 4.79 Å². The number of amides is 1. The summed E-state index contributed by atoms with van der Waals surface area (Å²) in [7, 11) is 1.56. The monoisotopic (exact) mass is 285 g/mol. The van der Waals surface area contributed by atoms with E-state index in [0.717, 1.165) is 11.9 Å². The van der Waals surface area contributed by atoms with Gasteiger partial charge in [0, 0.05) is 18.3 Å². The second kappa shape index (κ2) is 5.32. The fraction of sp³-hybridized carbons (Fsp3) is 0.200. The van der Waals surface area contributed by atoms with E-state index in [1.807, 2.05) is 6.92 Å². The number of rotatable bonds is 4. The van der Waals surface area contributed by atoms with Crippen molar-refractivity contribution in [1.82, 2.24) is 9.78 Å². The molecular formula is C15H15N3O3. The average molecular weight is 285 g/mol. The standard InChI is InChI=1S/C15H15N3O3/c1-3-18-9-11(8-16-18)17-15(19)10-6-13(20-2)12-4-5-21-14(12)7-10/h4-9H,3H2,1-2H3,(H,17,19). The van der Waals surface area contributed by atoms with Crippen molar-refractivity contribution in [2.75, 3.05) is 12.4 Å². The number of aromatic nitrogens is 2. The van der Waals surface area contributed by atoms with Crippen LogP contribution in [0.5, 0.6) is 5.75 Å². The molecule has 3 rings (SSSR count). The van der Waals surface area contributed by atoms with Crippen LogP contribution < -0.4 is 10.1 Å². The number of hydrogen-bond acceptors (Lipinski definition) is 4. The highest BCUT2D eigenvalue weighted by molar-refractivity contribution is 6.06. The molecular weight excluding hydrogens is 270 g/mol. The topological polar surface area (TPSA) is 69.3 Å². The zero-order valence-corrected chi connectivity index (χ0v) is 11.8. The Labute approximate surface area is 121 Å². The minimum absolute atomic E-state index is 0.234. The molecule has 21 heavy (non-hydrogen) atoms. The lowest BCUT2D eigenvalue weighted by Gasteiger charge is -2.06. The lowest BCUT2D eigenvalue weighted by Crippen LogP contribution is -2.11. The molecule has 2 aromatic heterocycles. The third kappa shape index (κ3) is 2.47. The fourth-order valence-corrected chi connectivity index (χ4v) is 2.14. The maximum absolute atomic E-state index is 12.3. The predicted molar refractivity (Wildman–Crippen MR) is 78.6 cm³/mol. The van der Waals surface area contributed by atoms with Gasteiger partial charge in [0.05, 0.1) is 30.6 Å². The lowest BCUT2D eigenvalue weighted by atomic mass is 10.1. The highest BCUT2D eigenvalue weighted by atomic mass is 16.5. The number of carbonyl (C=O) groups excluding carboxylic acids is 1. The van der Waals surface area contributed by atoms with E-state index >= 15 is 0 Å². The second-order valence-corrected chi connectivity index (χ2v) is 4.55. The van der Waals surface area contributed by atoms with E-state index in [-0.39, 0.29) is 5.91 Å². The van der Waals surface area contributed by atoms with Crippen LogP contribution in [0, 0.1) is 0 Å². The van der Waals surface area contributed by atoms with E-state index in [1.54, 1.807) is 48.6 Å². The van der Waals surface area contributed by atoms with E-state index in [1.165, 1.54) is 0 Å². The first kappa shape index (κ1) is 13.2. The van der Waals surface area contributed by atoms with Gasteiger partial charge in [0.15, 0.2) is 0 Å². The first-order valence-electron chi connectivity index (χ1n) is 6.60. The number of fused-ring (bicyclic) bond motifs is 1. The van der Waals surface area contributed by atoms with Crippen LogP contribution in [-0.2, 0) is 6.54 Å². The van der Waals surface area contributed by atoms with Crippen molar-refractivity contribution in [2.24, 2.45) is 0 Å². The van der Waals surface area contributed by atoms with E-state index < -0.39 is 0 Å². The number of anilines is 1. The number of aryl methyl sites for hydroxylation is 1. The summed E-state index contributed by atoms with van der Waals surface area (Å²) in [6, 6.07) is 5.19. The Morgan fingerprint density at radius 2 is 2.33 bits per heavy atom. The SMILES string of the molecule is CCn1cc(NC(=O)c2cc(OC)c3ccoc3c2)cn1. The summed E-state index contributed by atoms with van der Waals surface area (Å²) in [5.41, 5.74) is 1.74. The molecule has 6 nitrogen and oxygen atoms in total. The molecule has 0 radical (unpaired) electrons. The van der Waals surface area contributed by atoms with Crippen LogP contribution >= 0.6 is 0 Å². The van der Waals surface area contributed by atoms with Crippen molar-refractivity contribution in [2.45, 2.75) is 13.5 Å². The molecule has 3 aromatic rings. The molecule has 1 N–H and O–H groups in total. The summed E-state index contributed by atoms with van der Waals surface area (Å²) in [4.78, 5) is 12.3. The van der Waals surface area contributed by atoms with Gasteiger partial charge in [0.1, 0.15) is 11.3 Å². The largest absolute Gasteiger partial charge is 0.496 e. The maximum atomic E-state index is 12.3. The van der Waals surface area contributed by atoms with Crippen molar-refractivity contribution in [3.8, 4) is 5.75 Å². The summed E-state index contributed by atoms with van der Waals surface area (Å²) >= 11 is 0. The molecule has 0 unspecified atom stereocenters. The van der Waals surface area contributed by atoms with Crippen LogP contribution in [0.25, 0.3) is 11.0 Å². The Balaban J connectivity index is 1.90. The van der Waals surface area contributed by atoms with Crippen molar-refractivity contribution >= 4 is 22.6 Å². The van der Waals surface area contributed by atoms with Gasteiger partial charge in [-0.1, -0.05) is 0 Å². The Hall–Kier alpha value is -2.76. The Kier molecular flexibility index (Phi) is 3.35. The highest BCUT2D eigenvalue weighted by Gasteiger charge is 2.13. The van der Waals surface area contributed by atoms with Crippen LogP contribution in [0.1, 0.15) is 17.3 Å². The first-order valence-corrected chi connectivity index (χ1v) is 6.60. The molecule has 1 amide bonds. The summed E-state index contributed by atoms with van der Waals surface area (Å²) in [6.45, 7) is 2.73. The van der Waals surface area contributed by atoms with Gasteiger partial charge in [-0.3, -0.25) is 9.48 Å². The predicted octanol–water partition coefficient (Wildman–Crippen LogP) is 2.91. The molecule has 0 aliphatic heterocycles. The normalized spacial score (nSPS) is 10.8. The Bertz CT molecular complexity index is 788. The molecule has 0 saturated carbocycles. The van der Waals surface area contributed by atoms with Gasteiger partial charge >= 0.3 is 0 Å². The summed E-state index contributed by atoms with van der Waals surface area (Å²) in [5, 5.41) is 7.76. The van der Waals surface area contributed by atoms with Gasteiger partial charge in [0.25, 0.3) is 5.91 Å². The van der Waals surface area contributed by atoms with Gasteiger partial charge in [-0.15, -0.1) is 0 Å².